The highest BCUT2D eigenvalue weighted by Crippen LogP contribution is 2.83. The van der Waals surface area contributed by atoms with Crippen LogP contribution in [0.5, 0.6) is 0 Å². The van der Waals surface area contributed by atoms with E-state index < -0.39 is 5.60 Å². The summed E-state index contributed by atoms with van der Waals surface area (Å²) in [6, 6.07) is 0. The van der Waals surface area contributed by atoms with E-state index >= 15 is 0 Å². The van der Waals surface area contributed by atoms with E-state index in [0.29, 0.717) is 54.8 Å². The van der Waals surface area contributed by atoms with Crippen molar-refractivity contribution < 1.29 is 19.4 Å². The van der Waals surface area contributed by atoms with Gasteiger partial charge in [0.15, 0.2) is 0 Å². The number of carbonyl (C=O) groups is 2. The standard InChI is InChI=1S/C24H32O4/c1-21-6-3-12(25)11-23(21,27)16-9-13(16)19-15(21)4-7-22(2)20(19)14-10-17(14)24(22)8-5-18(26)28-24/h13-17,19-20,27H,3-11H2,1-2H3/t13-,14+,15?,16?,17-,19?,20?,21+,22-,23?,24?/m0/s1. The molecule has 0 bridgehead atoms. The lowest BCUT2D eigenvalue weighted by Gasteiger charge is -2.64. The highest BCUT2D eigenvalue weighted by atomic mass is 16.6. The van der Waals surface area contributed by atoms with Crippen molar-refractivity contribution in [2.75, 3.05) is 0 Å². The Balaban J connectivity index is 1.32. The van der Waals surface area contributed by atoms with Gasteiger partial charge in [0.1, 0.15) is 11.4 Å². The molecule has 28 heavy (non-hydrogen) atoms. The van der Waals surface area contributed by atoms with E-state index in [1.54, 1.807) is 0 Å². The van der Waals surface area contributed by atoms with Crippen LogP contribution in [0.4, 0.5) is 0 Å². The van der Waals surface area contributed by atoms with Crippen molar-refractivity contribution in [2.45, 2.75) is 82.8 Å². The Morgan fingerprint density at radius 3 is 2.46 bits per heavy atom. The Hall–Kier alpha value is -0.900. The van der Waals surface area contributed by atoms with Crippen LogP contribution in [0.15, 0.2) is 0 Å². The van der Waals surface area contributed by atoms with E-state index in [0.717, 1.165) is 38.0 Å². The average Bonchev–Trinajstić information content (AvgIpc) is 3.54. The van der Waals surface area contributed by atoms with Gasteiger partial charge in [0, 0.05) is 36.0 Å². The lowest BCUT2D eigenvalue weighted by atomic mass is 9.42. The van der Waals surface area contributed by atoms with Gasteiger partial charge in [-0.15, -0.1) is 0 Å². The molecular weight excluding hydrogens is 352 g/mol. The summed E-state index contributed by atoms with van der Waals surface area (Å²) in [5.41, 5.74) is -0.943. The first-order valence-corrected chi connectivity index (χ1v) is 11.7. The maximum Gasteiger partial charge on any atom is 0.306 e. The molecule has 6 aliphatic carbocycles. The van der Waals surface area contributed by atoms with Gasteiger partial charge in [0.2, 0.25) is 0 Å². The quantitative estimate of drug-likeness (QED) is 0.649. The van der Waals surface area contributed by atoms with Crippen LogP contribution in [0, 0.1) is 52.3 Å². The van der Waals surface area contributed by atoms with Crippen LogP contribution in [0.2, 0.25) is 0 Å². The molecule has 6 unspecified atom stereocenters. The van der Waals surface area contributed by atoms with Crippen molar-refractivity contribution >= 4 is 11.8 Å². The number of esters is 1. The lowest BCUT2D eigenvalue weighted by Crippen LogP contribution is -2.65. The maximum atomic E-state index is 12.3. The number of hydrogen-bond acceptors (Lipinski definition) is 4. The minimum atomic E-state index is -0.763. The SMILES string of the molecule is C[C@]12CCC3C(C1[C@@H]1C[C@@H]1C21CCC(=O)O1)[C@H]1CC1C1(O)CC(=O)CC[C@]31C. The Morgan fingerprint density at radius 2 is 1.71 bits per heavy atom. The van der Waals surface area contributed by atoms with Crippen LogP contribution in [-0.4, -0.2) is 28.1 Å². The van der Waals surface area contributed by atoms with Crippen molar-refractivity contribution in [3.05, 3.63) is 0 Å². The zero-order valence-corrected chi connectivity index (χ0v) is 17.1. The Kier molecular flexibility index (Phi) is 2.74. The van der Waals surface area contributed by atoms with Crippen LogP contribution in [0.3, 0.4) is 0 Å². The molecule has 0 aromatic heterocycles. The molecular formula is C24H32O4. The second kappa shape index (κ2) is 4.55. The number of ether oxygens (including phenoxy) is 1. The van der Waals surface area contributed by atoms with E-state index in [1.165, 1.54) is 6.42 Å². The van der Waals surface area contributed by atoms with Gasteiger partial charge in [0.25, 0.3) is 0 Å². The van der Waals surface area contributed by atoms with Gasteiger partial charge in [0.05, 0.1) is 5.60 Å². The van der Waals surface area contributed by atoms with Crippen molar-refractivity contribution in [2.24, 2.45) is 52.3 Å². The van der Waals surface area contributed by atoms with E-state index in [1.807, 2.05) is 0 Å². The highest BCUT2D eigenvalue weighted by molar-refractivity contribution is 5.81. The normalized spacial score (nSPS) is 65.8. The number of hydrogen-bond donors (Lipinski definition) is 1. The first-order valence-electron chi connectivity index (χ1n) is 11.7. The molecule has 0 aromatic carbocycles. The molecule has 4 heteroatoms. The third-order valence-electron chi connectivity index (χ3n) is 11.6. The fraction of sp³-hybridized carbons (Fsp3) is 0.917. The topological polar surface area (TPSA) is 63.6 Å². The molecule has 7 rings (SSSR count). The molecule has 152 valence electrons. The molecule has 1 spiro atoms. The first kappa shape index (κ1) is 16.8. The molecule has 1 heterocycles. The summed E-state index contributed by atoms with van der Waals surface area (Å²) in [5, 5.41) is 11.8. The molecule has 0 amide bonds. The van der Waals surface area contributed by atoms with E-state index in [-0.39, 0.29) is 28.2 Å². The summed E-state index contributed by atoms with van der Waals surface area (Å²) in [6.45, 7) is 4.77. The second-order valence-corrected chi connectivity index (χ2v) is 12.1. The first-order chi connectivity index (χ1) is 13.3. The average molecular weight is 385 g/mol. The molecule has 6 saturated carbocycles. The minimum absolute atomic E-state index is 0.0229. The van der Waals surface area contributed by atoms with Gasteiger partial charge in [-0.3, -0.25) is 9.59 Å². The summed E-state index contributed by atoms with van der Waals surface area (Å²) >= 11 is 0. The van der Waals surface area contributed by atoms with E-state index in [2.05, 4.69) is 13.8 Å². The van der Waals surface area contributed by atoms with Crippen molar-refractivity contribution in [1.82, 2.24) is 0 Å². The number of ketones is 1. The Bertz CT molecular complexity index is 821. The lowest BCUT2D eigenvalue weighted by molar-refractivity contribution is -0.223. The summed E-state index contributed by atoms with van der Waals surface area (Å²) in [7, 11) is 0. The fourth-order valence-corrected chi connectivity index (χ4v) is 10.3. The van der Waals surface area contributed by atoms with Gasteiger partial charge in [-0.25, -0.2) is 0 Å². The van der Waals surface area contributed by atoms with Gasteiger partial charge in [-0.05, 0) is 74.0 Å². The molecule has 11 atom stereocenters. The number of fused-ring (bicyclic) bond motifs is 12. The summed E-state index contributed by atoms with van der Waals surface area (Å²) in [6.07, 6.45) is 8.04. The van der Waals surface area contributed by atoms with Gasteiger partial charge >= 0.3 is 5.97 Å². The van der Waals surface area contributed by atoms with Crippen molar-refractivity contribution in [1.29, 1.82) is 0 Å². The van der Waals surface area contributed by atoms with Gasteiger partial charge < -0.3 is 9.84 Å². The number of rotatable bonds is 0. The van der Waals surface area contributed by atoms with E-state index in [9.17, 15) is 14.7 Å². The molecule has 1 N–H and O–H groups in total. The summed E-state index contributed by atoms with van der Waals surface area (Å²) < 4.78 is 6.20. The van der Waals surface area contributed by atoms with Gasteiger partial charge in [-0.2, -0.15) is 0 Å². The smallest absolute Gasteiger partial charge is 0.306 e. The number of aliphatic hydroxyl groups is 1. The van der Waals surface area contributed by atoms with Crippen LogP contribution < -0.4 is 0 Å². The molecule has 0 radical (unpaired) electrons. The van der Waals surface area contributed by atoms with Crippen LogP contribution in [0.1, 0.15) is 71.6 Å². The zero-order chi connectivity index (χ0) is 19.3. The predicted octanol–water partition coefficient (Wildman–Crippen LogP) is 3.50. The predicted molar refractivity (Wildman–Crippen MR) is 101 cm³/mol. The zero-order valence-electron chi connectivity index (χ0n) is 17.1. The molecule has 7 aliphatic rings. The third-order valence-corrected chi connectivity index (χ3v) is 11.6. The van der Waals surface area contributed by atoms with E-state index in [4.69, 9.17) is 4.74 Å². The van der Waals surface area contributed by atoms with Crippen LogP contribution >= 0.6 is 0 Å². The Morgan fingerprint density at radius 1 is 0.929 bits per heavy atom. The minimum Gasteiger partial charge on any atom is -0.458 e. The fourth-order valence-electron chi connectivity index (χ4n) is 10.3. The maximum absolute atomic E-state index is 12.3. The second-order valence-electron chi connectivity index (χ2n) is 12.1. The third kappa shape index (κ3) is 1.55. The largest absolute Gasteiger partial charge is 0.458 e. The molecule has 1 saturated heterocycles. The molecule has 1 aliphatic heterocycles. The molecule has 4 nitrogen and oxygen atoms in total. The van der Waals surface area contributed by atoms with Crippen LogP contribution in [-0.2, 0) is 14.3 Å². The Labute approximate surface area is 166 Å². The molecule has 7 fully saturated rings. The van der Waals surface area contributed by atoms with Crippen molar-refractivity contribution in [3.63, 3.8) is 0 Å². The summed E-state index contributed by atoms with van der Waals surface area (Å²) in [5.74, 6) is 4.36. The van der Waals surface area contributed by atoms with Crippen LogP contribution in [0.25, 0.3) is 0 Å². The summed E-state index contributed by atoms with van der Waals surface area (Å²) in [4.78, 5) is 24.4. The number of carbonyl (C=O) groups excluding carboxylic acids is 2. The monoisotopic (exact) mass is 384 g/mol. The highest BCUT2D eigenvalue weighted by Gasteiger charge is 2.83. The van der Waals surface area contributed by atoms with Crippen molar-refractivity contribution in [3.8, 4) is 0 Å². The number of Topliss-reactive ketones (excluding diaryl/α,β-unsaturated/α-hetero) is 1. The van der Waals surface area contributed by atoms with Gasteiger partial charge in [-0.1, -0.05) is 13.8 Å². The molecule has 0 aromatic rings.